The molecule has 1 unspecified atom stereocenters. The molecule has 1 aromatic heterocycles. The minimum atomic E-state index is -0.472. The van der Waals surface area contributed by atoms with E-state index in [4.69, 9.17) is 0 Å². The van der Waals surface area contributed by atoms with Crippen LogP contribution in [0.25, 0.3) is 5.69 Å². The molecule has 2 heterocycles. The average Bonchev–Trinajstić information content (AvgIpc) is 3.06. The third kappa shape index (κ3) is 2.40. The molecule has 0 saturated heterocycles. The van der Waals surface area contributed by atoms with E-state index < -0.39 is 6.17 Å². The zero-order chi connectivity index (χ0) is 16.7. The quantitative estimate of drug-likeness (QED) is 0.760. The molecule has 0 saturated carbocycles. The van der Waals surface area contributed by atoms with Gasteiger partial charge in [-0.05, 0) is 42.8 Å². The Hall–Kier alpha value is -3.22. The van der Waals surface area contributed by atoms with Crippen LogP contribution in [0.3, 0.4) is 0 Å². The summed E-state index contributed by atoms with van der Waals surface area (Å²) in [5, 5.41) is 14.3. The van der Waals surface area contributed by atoms with E-state index in [2.05, 4.69) is 20.9 Å². The van der Waals surface area contributed by atoms with E-state index in [0.29, 0.717) is 16.9 Å². The third-order valence-corrected chi connectivity index (χ3v) is 3.98. The van der Waals surface area contributed by atoms with Gasteiger partial charge >= 0.3 is 0 Å². The Morgan fingerprint density at radius 2 is 1.92 bits per heavy atom. The highest BCUT2D eigenvalue weighted by molar-refractivity contribution is 6.02. The lowest BCUT2D eigenvalue weighted by Gasteiger charge is -2.27. The number of carbonyl (C=O) groups excluding carboxylic acids is 1. The molecular formula is C17H14FN5O. The van der Waals surface area contributed by atoms with Gasteiger partial charge in [0.15, 0.2) is 0 Å². The predicted octanol–water partition coefficient (Wildman–Crippen LogP) is 2.57. The number of nitrogens with one attached hydrogen (secondary N) is 2. The molecule has 0 aliphatic carbocycles. The van der Waals surface area contributed by atoms with E-state index in [1.165, 1.54) is 16.8 Å². The fourth-order valence-corrected chi connectivity index (χ4v) is 2.71. The van der Waals surface area contributed by atoms with Crippen LogP contribution in [-0.2, 0) is 0 Å². The second kappa shape index (κ2) is 5.45. The normalized spacial score (nSPS) is 16.2. The number of hydrogen-bond donors (Lipinski definition) is 2. The summed E-state index contributed by atoms with van der Waals surface area (Å²) >= 11 is 0. The van der Waals surface area contributed by atoms with E-state index in [1.54, 1.807) is 24.4 Å². The van der Waals surface area contributed by atoms with Crippen molar-refractivity contribution in [3.8, 4) is 5.69 Å². The van der Waals surface area contributed by atoms with E-state index >= 15 is 0 Å². The fraction of sp³-hybridized carbons (Fsp3) is 0.118. The minimum absolute atomic E-state index is 0.159. The maximum Gasteiger partial charge on any atom is 0.255 e. The number of amides is 1. The van der Waals surface area contributed by atoms with Crippen LogP contribution in [-0.4, -0.2) is 20.9 Å². The molecule has 0 radical (unpaired) electrons. The van der Waals surface area contributed by atoms with Gasteiger partial charge in [-0.1, -0.05) is 17.3 Å². The molecule has 6 nitrogen and oxygen atoms in total. The van der Waals surface area contributed by atoms with Crippen LogP contribution in [0.15, 0.2) is 48.7 Å². The van der Waals surface area contributed by atoms with Crippen molar-refractivity contribution in [1.29, 1.82) is 0 Å². The van der Waals surface area contributed by atoms with Crippen LogP contribution in [0.1, 0.15) is 27.8 Å². The summed E-state index contributed by atoms with van der Waals surface area (Å²) in [6.07, 6.45) is 1.23. The molecule has 0 spiro atoms. The Morgan fingerprint density at radius 1 is 1.12 bits per heavy atom. The molecule has 120 valence electrons. The Labute approximate surface area is 137 Å². The van der Waals surface area contributed by atoms with Crippen LogP contribution in [0, 0.1) is 12.7 Å². The Morgan fingerprint density at radius 3 is 2.71 bits per heavy atom. The summed E-state index contributed by atoms with van der Waals surface area (Å²) in [4.78, 5) is 12.3. The Bertz CT molecular complexity index is 919. The van der Waals surface area contributed by atoms with Gasteiger partial charge in [-0.3, -0.25) is 4.79 Å². The van der Waals surface area contributed by atoms with Crippen LogP contribution in [0.5, 0.6) is 0 Å². The van der Waals surface area contributed by atoms with Gasteiger partial charge in [-0.15, -0.1) is 5.10 Å². The number of anilines is 1. The lowest BCUT2D eigenvalue weighted by atomic mass is 10.0. The van der Waals surface area contributed by atoms with Crippen molar-refractivity contribution in [3.63, 3.8) is 0 Å². The first-order valence-electron chi connectivity index (χ1n) is 7.47. The molecule has 1 aliphatic rings. The minimum Gasteiger partial charge on any atom is -0.359 e. The van der Waals surface area contributed by atoms with Gasteiger partial charge in [0.05, 0.1) is 23.1 Å². The molecule has 2 aromatic carbocycles. The van der Waals surface area contributed by atoms with Gasteiger partial charge in [0.25, 0.3) is 5.91 Å². The van der Waals surface area contributed by atoms with Crippen molar-refractivity contribution in [1.82, 2.24) is 20.3 Å². The molecule has 0 fully saturated rings. The molecule has 1 atom stereocenters. The number of benzene rings is 2. The molecule has 24 heavy (non-hydrogen) atoms. The van der Waals surface area contributed by atoms with Crippen molar-refractivity contribution in [2.24, 2.45) is 0 Å². The molecule has 1 aliphatic heterocycles. The largest absolute Gasteiger partial charge is 0.359 e. The first-order chi connectivity index (χ1) is 11.6. The highest BCUT2D eigenvalue weighted by atomic mass is 19.1. The Kier molecular flexibility index (Phi) is 3.26. The number of hydrogen-bond acceptors (Lipinski definition) is 4. The van der Waals surface area contributed by atoms with E-state index in [0.717, 1.165) is 11.3 Å². The summed E-state index contributed by atoms with van der Waals surface area (Å²) in [5.41, 5.74) is 3.65. The highest BCUT2D eigenvalue weighted by Gasteiger charge is 2.27. The lowest BCUT2D eigenvalue weighted by Crippen LogP contribution is -2.39. The van der Waals surface area contributed by atoms with Gasteiger partial charge in [0, 0.05) is 0 Å². The monoisotopic (exact) mass is 323 g/mol. The zero-order valence-corrected chi connectivity index (χ0v) is 12.8. The molecule has 7 heteroatoms. The topological polar surface area (TPSA) is 71.8 Å². The fourth-order valence-electron chi connectivity index (χ4n) is 2.71. The van der Waals surface area contributed by atoms with Crippen molar-refractivity contribution in [3.05, 3.63) is 71.3 Å². The van der Waals surface area contributed by atoms with E-state index in [1.807, 2.05) is 19.1 Å². The molecule has 2 N–H and O–H groups in total. The third-order valence-electron chi connectivity index (χ3n) is 3.98. The van der Waals surface area contributed by atoms with Gasteiger partial charge in [-0.2, -0.15) is 0 Å². The molecule has 0 bridgehead atoms. The number of nitrogens with zero attached hydrogens (tertiary/aromatic N) is 3. The van der Waals surface area contributed by atoms with Crippen molar-refractivity contribution < 1.29 is 9.18 Å². The van der Waals surface area contributed by atoms with Crippen LogP contribution in [0.4, 0.5) is 10.1 Å². The number of halogens is 1. The SMILES string of the molecule is Cc1cccc2c1NC(c1cn(-c3ccc(F)cc3)nn1)NC2=O. The summed E-state index contributed by atoms with van der Waals surface area (Å²) in [6, 6.07) is 11.5. The number of rotatable bonds is 2. The second-order valence-corrected chi connectivity index (χ2v) is 5.61. The van der Waals surface area contributed by atoms with Gasteiger partial charge in [0.1, 0.15) is 17.7 Å². The van der Waals surface area contributed by atoms with E-state index in [9.17, 15) is 9.18 Å². The average molecular weight is 323 g/mol. The van der Waals surface area contributed by atoms with Gasteiger partial charge < -0.3 is 10.6 Å². The molecule has 4 rings (SSSR count). The molecule has 1 amide bonds. The summed E-state index contributed by atoms with van der Waals surface area (Å²) in [7, 11) is 0. The van der Waals surface area contributed by atoms with E-state index in [-0.39, 0.29) is 11.7 Å². The van der Waals surface area contributed by atoms with Crippen LogP contribution < -0.4 is 10.6 Å². The van der Waals surface area contributed by atoms with Crippen LogP contribution in [0.2, 0.25) is 0 Å². The predicted molar refractivity (Wildman–Crippen MR) is 86.3 cm³/mol. The number of aryl methyl sites for hydroxylation is 1. The number of fused-ring (bicyclic) bond motifs is 1. The first kappa shape index (κ1) is 14.4. The van der Waals surface area contributed by atoms with Crippen LogP contribution >= 0.6 is 0 Å². The smallest absolute Gasteiger partial charge is 0.255 e. The standard InChI is InChI=1S/C17H14FN5O/c1-10-3-2-4-13-15(10)19-16(20-17(13)24)14-9-23(22-21-14)12-7-5-11(18)6-8-12/h2-9,16,19H,1H3,(H,20,24). The Balaban J connectivity index is 1.65. The van der Waals surface area contributed by atoms with Gasteiger partial charge in [0.2, 0.25) is 0 Å². The van der Waals surface area contributed by atoms with Gasteiger partial charge in [-0.25, -0.2) is 9.07 Å². The second-order valence-electron chi connectivity index (χ2n) is 5.61. The number of para-hydroxylation sites is 1. The van der Waals surface area contributed by atoms with Crippen molar-refractivity contribution in [2.75, 3.05) is 5.32 Å². The zero-order valence-electron chi connectivity index (χ0n) is 12.8. The molecule has 3 aromatic rings. The number of aromatic nitrogens is 3. The lowest BCUT2D eigenvalue weighted by molar-refractivity contribution is 0.0934. The molecular weight excluding hydrogens is 309 g/mol. The summed E-state index contributed by atoms with van der Waals surface area (Å²) in [5.74, 6) is -0.471. The number of carbonyl (C=O) groups is 1. The van der Waals surface area contributed by atoms with Crippen molar-refractivity contribution >= 4 is 11.6 Å². The maximum absolute atomic E-state index is 13.0. The maximum atomic E-state index is 13.0. The van der Waals surface area contributed by atoms with Crippen molar-refractivity contribution in [2.45, 2.75) is 13.1 Å². The first-order valence-corrected chi connectivity index (χ1v) is 7.47. The summed E-state index contributed by atoms with van der Waals surface area (Å²) < 4.78 is 14.6. The summed E-state index contributed by atoms with van der Waals surface area (Å²) in [6.45, 7) is 1.94. The highest BCUT2D eigenvalue weighted by Crippen LogP contribution is 2.28.